The summed E-state index contributed by atoms with van der Waals surface area (Å²) in [6.07, 6.45) is 1.11. The van der Waals surface area contributed by atoms with Crippen molar-refractivity contribution >= 4 is 5.69 Å². The molecule has 1 aliphatic heterocycles. The van der Waals surface area contributed by atoms with E-state index in [1.807, 2.05) is 19.2 Å². The number of benzene rings is 1. The lowest BCUT2D eigenvalue weighted by Gasteiger charge is -2.34. The Morgan fingerprint density at radius 3 is 2.53 bits per heavy atom. The molecule has 4 heteroatoms. The maximum atomic E-state index is 5.50. The average molecular weight is 264 g/mol. The van der Waals surface area contributed by atoms with Crippen molar-refractivity contribution in [1.29, 1.82) is 0 Å². The van der Waals surface area contributed by atoms with E-state index < -0.39 is 0 Å². The van der Waals surface area contributed by atoms with Gasteiger partial charge in [-0.15, -0.1) is 0 Å². The molecule has 106 valence electrons. The first-order chi connectivity index (χ1) is 9.01. The van der Waals surface area contributed by atoms with Crippen LogP contribution < -0.4 is 19.7 Å². The molecule has 0 saturated carbocycles. The Morgan fingerprint density at radius 1 is 1.26 bits per heavy atom. The quantitative estimate of drug-likeness (QED) is 0.904. The van der Waals surface area contributed by atoms with E-state index in [-0.39, 0.29) is 5.54 Å². The fourth-order valence-electron chi connectivity index (χ4n) is 2.87. The highest BCUT2D eigenvalue weighted by Gasteiger charge is 2.39. The Bertz CT molecular complexity index is 446. The number of rotatable bonds is 4. The number of anilines is 1. The van der Waals surface area contributed by atoms with Crippen LogP contribution in [0.4, 0.5) is 5.69 Å². The minimum Gasteiger partial charge on any atom is -0.497 e. The highest BCUT2D eigenvalue weighted by atomic mass is 16.5. The molecule has 1 N–H and O–H groups in total. The topological polar surface area (TPSA) is 33.7 Å². The standard InChI is InChI=1S/C15H24N2O2/c1-15(2)9-11(16-3)10-17(15)13-8-12(18-4)6-7-14(13)19-5/h6-8,11,16H,9-10H2,1-5H3. The molecule has 1 aliphatic rings. The molecule has 1 aromatic carbocycles. The van der Waals surface area contributed by atoms with Gasteiger partial charge in [-0.1, -0.05) is 0 Å². The van der Waals surface area contributed by atoms with Gasteiger partial charge in [0.05, 0.1) is 19.9 Å². The molecule has 0 amide bonds. The van der Waals surface area contributed by atoms with Crippen molar-refractivity contribution in [3.8, 4) is 11.5 Å². The van der Waals surface area contributed by atoms with E-state index in [4.69, 9.17) is 9.47 Å². The van der Waals surface area contributed by atoms with E-state index in [1.54, 1.807) is 14.2 Å². The lowest BCUT2D eigenvalue weighted by molar-refractivity contribution is 0.399. The van der Waals surface area contributed by atoms with Crippen molar-refractivity contribution in [1.82, 2.24) is 5.32 Å². The van der Waals surface area contributed by atoms with Crippen LogP contribution in [0.25, 0.3) is 0 Å². The molecule has 0 aliphatic carbocycles. The van der Waals surface area contributed by atoms with Gasteiger partial charge in [0.15, 0.2) is 0 Å². The van der Waals surface area contributed by atoms with E-state index >= 15 is 0 Å². The SMILES string of the molecule is CNC1CN(c2cc(OC)ccc2OC)C(C)(C)C1. The number of hydrogen-bond acceptors (Lipinski definition) is 4. The van der Waals surface area contributed by atoms with Gasteiger partial charge in [-0.3, -0.25) is 0 Å². The van der Waals surface area contributed by atoms with E-state index in [1.165, 1.54) is 0 Å². The molecule has 0 bridgehead atoms. The Kier molecular flexibility index (Phi) is 3.90. The summed E-state index contributed by atoms with van der Waals surface area (Å²) in [5.74, 6) is 1.75. The van der Waals surface area contributed by atoms with Crippen LogP contribution in [-0.2, 0) is 0 Å². The molecule has 1 atom stereocenters. The average Bonchev–Trinajstić information content (AvgIpc) is 2.73. The molecule has 2 rings (SSSR count). The Morgan fingerprint density at radius 2 is 2.00 bits per heavy atom. The van der Waals surface area contributed by atoms with E-state index in [2.05, 4.69) is 30.1 Å². The van der Waals surface area contributed by atoms with Gasteiger partial charge in [-0.2, -0.15) is 0 Å². The van der Waals surface area contributed by atoms with Gasteiger partial charge in [0.25, 0.3) is 0 Å². The first-order valence-electron chi connectivity index (χ1n) is 6.68. The minimum atomic E-state index is 0.104. The molecule has 4 nitrogen and oxygen atoms in total. The Balaban J connectivity index is 2.39. The van der Waals surface area contributed by atoms with Gasteiger partial charge < -0.3 is 19.7 Å². The third-order valence-electron chi connectivity index (χ3n) is 3.96. The van der Waals surface area contributed by atoms with Crippen LogP contribution in [-0.4, -0.2) is 39.4 Å². The summed E-state index contributed by atoms with van der Waals surface area (Å²) in [5.41, 5.74) is 1.21. The molecule has 1 heterocycles. The van der Waals surface area contributed by atoms with E-state index in [0.29, 0.717) is 6.04 Å². The van der Waals surface area contributed by atoms with Crippen molar-refractivity contribution < 1.29 is 9.47 Å². The molecule has 19 heavy (non-hydrogen) atoms. The second-order valence-corrected chi connectivity index (χ2v) is 5.65. The van der Waals surface area contributed by atoms with Crippen LogP contribution in [0.5, 0.6) is 11.5 Å². The number of methoxy groups -OCH3 is 2. The molecule has 0 aromatic heterocycles. The maximum Gasteiger partial charge on any atom is 0.142 e. The number of nitrogens with one attached hydrogen (secondary N) is 1. The van der Waals surface area contributed by atoms with Gasteiger partial charge in [0.2, 0.25) is 0 Å². The van der Waals surface area contributed by atoms with Crippen LogP contribution in [0, 0.1) is 0 Å². The summed E-state index contributed by atoms with van der Waals surface area (Å²) in [6.45, 7) is 5.51. The van der Waals surface area contributed by atoms with E-state index in [0.717, 1.165) is 30.2 Å². The maximum absolute atomic E-state index is 5.50. The third-order valence-corrected chi connectivity index (χ3v) is 3.96. The zero-order valence-corrected chi connectivity index (χ0v) is 12.5. The fourth-order valence-corrected chi connectivity index (χ4v) is 2.87. The zero-order chi connectivity index (χ0) is 14.0. The highest BCUT2D eigenvalue weighted by molar-refractivity contribution is 5.64. The van der Waals surface area contributed by atoms with Gasteiger partial charge in [-0.05, 0) is 39.4 Å². The van der Waals surface area contributed by atoms with Crippen LogP contribution in [0.3, 0.4) is 0 Å². The summed E-state index contributed by atoms with van der Waals surface area (Å²) in [6, 6.07) is 6.46. The Hall–Kier alpha value is -1.42. The highest BCUT2D eigenvalue weighted by Crippen LogP contribution is 2.40. The zero-order valence-electron chi connectivity index (χ0n) is 12.5. The molecule has 0 radical (unpaired) electrons. The number of likely N-dealkylation sites (N-methyl/N-ethyl adjacent to an activating group) is 1. The van der Waals surface area contributed by atoms with Crippen LogP contribution >= 0.6 is 0 Å². The third kappa shape index (κ3) is 2.63. The van der Waals surface area contributed by atoms with Gasteiger partial charge in [-0.25, -0.2) is 0 Å². The summed E-state index contributed by atoms with van der Waals surface area (Å²) in [4.78, 5) is 2.40. The second-order valence-electron chi connectivity index (χ2n) is 5.65. The molecular formula is C15H24N2O2. The van der Waals surface area contributed by atoms with E-state index in [9.17, 15) is 0 Å². The molecular weight excluding hydrogens is 240 g/mol. The molecule has 1 saturated heterocycles. The molecule has 0 spiro atoms. The van der Waals surface area contributed by atoms with Crippen molar-refractivity contribution in [3.63, 3.8) is 0 Å². The van der Waals surface area contributed by atoms with Crippen molar-refractivity contribution in [3.05, 3.63) is 18.2 Å². The van der Waals surface area contributed by atoms with Gasteiger partial charge >= 0.3 is 0 Å². The van der Waals surface area contributed by atoms with Crippen molar-refractivity contribution in [2.75, 3.05) is 32.7 Å². The second kappa shape index (κ2) is 5.29. The van der Waals surface area contributed by atoms with Crippen molar-refractivity contribution in [2.45, 2.75) is 31.8 Å². The molecule has 1 fully saturated rings. The normalized spacial score (nSPS) is 21.5. The number of hydrogen-bond donors (Lipinski definition) is 1. The van der Waals surface area contributed by atoms with Gasteiger partial charge in [0, 0.05) is 24.2 Å². The predicted octanol–water partition coefficient (Wildman–Crippen LogP) is 2.28. The predicted molar refractivity (Wildman–Crippen MR) is 78.4 cm³/mol. The first kappa shape index (κ1) is 14.0. The summed E-state index contributed by atoms with van der Waals surface area (Å²) in [5, 5.41) is 3.37. The smallest absolute Gasteiger partial charge is 0.142 e. The van der Waals surface area contributed by atoms with Crippen LogP contribution in [0.15, 0.2) is 18.2 Å². The van der Waals surface area contributed by atoms with Crippen molar-refractivity contribution in [2.24, 2.45) is 0 Å². The summed E-state index contributed by atoms with van der Waals surface area (Å²) in [7, 11) is 5.42. The number of ether oxygens (including phenoxy) is 2. The van der Waals surface area contributed by atoms with Crippen LogP contribution in [0.2, 0.25) is 0 Å². The number of nitrogens with zero attached hydrogens (tertiary/aromatic N) is 1. The Labute approximate surface area is 115 Å². The molecule has 1 unspecified atom stereocenters. The summed E-state index contributed by atoms with van der Waals surface area (Å²) >= 11 is 0. The monoisotopic (exact) mass is 264 g/mol. The largest absolute Gasteiger partial charge is 0.497 e. The van der Waals surface area contributed by atoms with Crippen LogP contribution in [0.1, 0.15) is 20.3 Å². The van der Waals surface area contributed by atoms with Gasteiger partial charge in [0.1, 0.15) is 11.5 Å². The lowest BCUT2D eigenvalue weighted by atomic mass is 9.99. The molecule has 1 aromatic rings. The lowest BCUT2D eigenvalue weighted by Crippen LogP contribution is -2.38. The fraction of sp³-hybridized carbons (Fsp3) is 0.600. The minimum absolute atomic E-state index is 0.104. The first-order valence-corrected chi connectivity index (χ1v) is 6.68. The summed E-state index contributed by atoms with van der Waals surface area (Å²) < 4.78 is 10.8.